The van der Waals surface area contributed by atoms with Gasteiger partial charge < -0.3 is 5.32 Å². The number of piperazine rings is 1. The van der Waals surface area contributed by atoms with E-state index < -0.39 is 0 Å². The van der Waals surface area contributed by atoms with Crippen LogP contribution in [0.2, 0.25) is 0 Å². The molecule has 1 unspecified atom stereocenters. The summed E-state index contributed by atoms with van der Waals surface area (Å²) >= 11 is 0. The molecule has 1 amide bonds. The Hall–Kier alpha value is -0.570. The number of carbonyl (C=O) groups is 1. The number of hydrogen-bond donors (Lipinski definition) is 1. The molecule has 76 valence electrons. The molecule has 0 spiro atoms. The summed E-state index contributed by atoms with van der Waals surface area (Å²) < 4.78 is 0. The van der Waals surface area contributed by atoms with Gasteiger partial charge in [0.15, 0.2) is 0 Å². The van der Waals surface area contributed by atoms with E-state index in [4.69, 9.17) is 0 Å². The molecule has 0 radical (unpaired) electrons. The van der Waals surface area contributed by atoms with Crippen LogP contribution in [0.1, 0.15) is 27.2 Å². The minimum atomic E-state index is 0.168. The zero-order valence-corrected chi connectivity index (χ0v) is 8.84. The average Bonchev–Trinajstić information content (AvgIpc) is 2.03. The Bertz CT molecular complexity index is 180. The maximum atomic E-state index is 11.1. The molecule has 0 aromatic carbocycles. The summed E-state index contributed by atoms with van der Waals surface area (Å²) in [5, 5.41) is 2.84. The molecule has 0 aromatic heterocycles. The van der Waals surface area contributed by atoms with Gasteiger partial charge in [-0.05, 0) is 19.3 Å². The van der Waals surface area contributed by atoms with Crippen molar-refractivity contribution in [1.29, 1.82) is 0 Å². The van der Waals surface area contributed by atoms with Gasteiger partial charge in [0, 0.05) is 19.1 Å². The van der Waals surface area contributed by atoms with Crippen LogP contribution in [-0.4, -0.2) is 36.5 Å². The van der Waals surface area contributed by atoms with Gasteiger partial charge in [0.05, 0.1) is 6.54 Å². The van der Waals surface area contributed by atoms with Crippen LogP contribution in [0.25, 0.3) is 0 Å². The van der Waals surface area contributed by atoms with Gasteiger partial charge in [-0.1, -0.05) is 13.8 Å². The predicted octanol–water partition coefficient (Wildman–Crippen LogP) is 0.853. The Labute approximate surface area is 80.5 Å². The van der Waals surface area contributed by atoms with Gasteiger partial charge in [-0.25, -0.2) is 0 Å². The first kappa shape index (κ1) is 10.5. The summed E-state index contributed by atoms with van der Waals surface area (Å²) in [6.45, 7) is 9.04. The first-order valence-electron chi connectivity index (χ1n) is 5.10. The summed E-state index contributed by atoms with van der Waals surface area (Å²) in [6, 6.07) is 0.533. The van der Waals surface area contributed by atoms with Gasteiger partial charge >= 0.3 is 0 Å². The van der Waals surface area contributed by atoms with E-state index in [0.29, 0.717) is 18.5 Å². The first-order chi connectivity index (χ1) is 6.09. The zero-order valence-electron chi connectivity index (χ0n) is 8.84. The second-order valence-corrected chi connectivity index (χ2v) is 4.30. The van der Waals surface area contributed by atoms with Crippen molar-refractivity contribution in [3.8, 4) is 0 Å². The molecule has 1 fully saturated rings. The van der Waals surface area contributed by atoms with Crippen LogP contribution >= 0.6 is 0 Å². The van der Waals surface area contributed by atoms with Crippen molar-refractivity contribution in [1.82, 2.24) is 10.2 Å². The van der Waals surface area contributed by atoms with Crippen LogP contribution in [0.3, 0.4) is 0 Å². The Morgan fingerprint density at radius 1 is 1.46 bits per heavy atom. The van der Waals surface area contributed by atoms with Gasteiger partial charge in [-0.3, -0.25) is 9.69 Å². The lowest BCUT2D eigenvalue weighted by molar-refractivity contribution is -0.124. The molecule has 0 bridgehead atoms. The fraction of sp³-hybridized carbons (Fsp3) is 0.900. The number of amides is 1. The third-order valence-corrected chi connectivity index (χ3v) is 2.50. The van der Waals surface area contributed by atoms with E-state index in [2.05, 4.69) is 31.0 Å². The first-order valence-corrected chi connectivity index (χ1v) is 5.10. The quantitative estimate of drug-likeness (QED) is 0.705. The summed E-state index contributed by atoms with van der Waals surface area (Å²) in [7, 11) is 0. The van der Waals surface area contributed by atoms with Crippen molar-refractivity contribution in [3.05, 3.63) is 0 Å². The molecular formula is C10H20N2O. The molecule has 1 saturated heterocycles. The number of carbonyl (C=O) groups excluding carboxylic acids is 1. The number of nitrogens with one attached hydrogen (secondary N) is 1. The van der Waals surface area contributed by atoms with E-state index in [1.807, 2.05) is 0 Å². The summed E-state index contributed by atoms with van der Waals surface area (Å²) in [4.78, 5) is 13.4. The van der Waals surface area contributed by atoms with Gasteiger partial charge in [0.2, 0.25) is 5.91 Å². The highest BCUT2D eigenvalue weighted by atomic mass is 16.2. The second kappa shape index (κ2) is 4.61. The maximum absolute atomic E-state index is 11.1. The van der Waals surface area contributed by atoms with Crippen molar-refractivity contribution in [2.45, 2.75) is 33.2 Å². The summed E-state index contributed by atoms with van der Waals surface area (Å²) in [5.74, 6) is 0.877. The highest BCUT2D eigenvalue weighted by molar-refractivity contribution is 5.78. The van der Waals surface area contributed by atoms with E-state index in [-0.39, 0.29) is 5.91 Å². The maximum Gasteiger partial charge on any atom is 0.234 e. The Kier molecular flexibility index (Phi) is 3.72. The lowest BCUT2D eigenvalue weighted by Gasteiger charge is -2.32. The highest BCUT2D eigenvalue weighted by Gasteiger charge is 2.21. The SMILES string of the molecule is CC(C)CC(C)N1CCNC(=O)C1. The van der Waals surface area contributed by atoms with Crippen molar-refractivity contribution < 1.29 is 4.79 Å². The molecular weight excluding hydrogens is 164 g/mol. The Morgan fingerprint density at radius 3 is 2.69 bits per heavy atom. The van der Waals surface area contributed by atoms with Crippen LogP contribution in [0.15, 0.2) is 0 Å². The van der Waals surface area contributed by atoms with E-state index in [9.17, 15) is 4.79 Å². The van der Waals surface area contributed by atoms with Crippen LogP contribution in [0.5, 0.6) is 0 Å². The fourth-order valence-corrected chi connectivity index (χ4v) is 1.87. The van der Waals surface area contributed by atoms with Crippen LogP contribution in [0.4, 0.5) is 0 Å². The highest BCUT2D eigenvalue weighted by Crippen LogP contribution is 2.11. The van der Waals surface area contributed by atoms with E-state index >= 15 is 0 Å². The number of hydrogen-bond acceptors (Lipinski definition) is 2. The smallest absolute Gasteiger partial charge is 0.234 e. The topological polar surface area (TPSA) is 32.3 Å². The van der Waals surface area contributed by atoms with Gasteiger partial charge in [-0.2, -0.15) is 0 Å². The molecule has 3 nitrogen and oxygen atoms in total. The van der Waals surface area contributed by atoms with Crippen LogP contribution in [-0.2, 0) is 4.79 Å². The van der Waals surface area contributed by atoms with E-state index in [0.717, 1.165) is 13.1 Å². The molecule has 1 aliphatic heterocycles. The van der Waals surface area contributed by atoms with Gasteiger partial charge in [0.1, 0.15) is 0 Å². The summed E-state index contributed by atoms with van der Waals surface area (Å²) in [5.41, 5.74) is 0. The summed E-state index contributed by atoms with van der Waals surface area (Å²) in [6.07, 6.45) is 1.17. The second-order valence-electron chi connectivity index (χ2n) is 4.30. The number of nitrogens with zero attached hydrogens (tertiary/aromatic N) is 1. The molecule has 1 N–H and O–H groups in total. The standard InChI is InChI=1S/C10H20N2O/c1-8(2)6-9(3)12-5-4-11-10(13)7-12/h8-9H,4-7H2,1-3H3,(H,11,13). The Morgan fingerprint density at radius 2 is 2.15 bits per heavy atom. The lowest BCUT2D eigenvalue weighted by Crippen LogP contribution is -2.51. The van der Waals surface area contributed by atoms with Crippen molar-refractivity contribution in [2.24, 2.45) is 5.92 Å². The monoisotopic (exact) mass is 184 g/mol. The third kappa shape index (κ3) is 3.35. The molecule has 0 saturated carbocycles. The lowest BCUT2D eigenvalue weighted by atomic mass is 10.0. The van der Waals surface area contributed by atoms with E-state index in [1.165, 1.54) is 6.42 Å². The van der Waals surface area contributed by atoms with Crippen LogP contribution in [0, 0.1) is 5.92 Å². The average molecular weight is 184 g/mol. The number of rotatable bonds is 3. The van der Waals surface area contributed by atoms with Gasteiger partial charge in [-0.15, -0.1) is 0 Å². The molecule has 1 heterocycles. The minimum Gasteiger partial charge on any atom is -0.354 e. The van der Waals surface area contributed by atoms with Gasteiger partial charge in [0.25, 0.3) is 0 Å². The van der Waals surface area contributed by atoms with Crippen molar-refractivity contribution in [3.63, 3.8) is 0 Å². The largest absolute Gasteiger partial charge is 0.354 e. The molecule has 0 aliphatic carbocycles. The normalized spacial score (nSPS) is 21.7. The molecule has 1 rings (SSSR count). The molecule has 1 aliphatic rings. The van der Waals surface area contributed by atoms with E-state index in [1.54, 1.807) is 0 Å². The molecule has 13 heavy (non-hydrogen) atoms. The van der Waals surface area contributed by atoms with Crippen LogP contribution < -0.4 is 5.32 Å². The fourth-order valence-electron chi connectivity index (χ4n) is 1.87. The third-order valence-electron chi connectivity index (χ3n) is 2.50. The van der Waals surface area contributed by atoms with Crippen molar-refractivity contribution in [2.75, 3.05) is 19.6 Å². The van der Waals surface area contributed by atoms with Crippen molar-refractivity contribution >= 4 is 5.91 Å². The molecule has 0 aromatic rings. The Balaban J connectivity index is 2.36. The molecule has 3 heteroatoms. The molecule has 1 atom stereocenters. The zero-order chi connectivity index (χ0) is 9.84. The predicted molar refractivity (Wildman–Crippen MR) is 53.5 cm³/mol. The minimum absolute atomic E-state index is 0.168.